The number of primary amides is 3. The number of phenols is 2. The average Bonchev–Trinajstić information content (AvgIpc) is 0.730. The molecule has 12 amide bonds. The Balaban J connectivity index is 0.828. The number of carboxylic acid groups (broad SMARTS) is 1. The van der Waals surface area contributed by atoms with Crippen molar-refractivity contribution in [1.82, 2.24) is 41.3 Å². The Morgan fingerprint density at radius 3 is 1.92 bits per heavy atom. The lowest BCUT2D eigenvalue weighted by molar-refractivity contribution is -0.154. The Kier molecular flexibility index (Phi) is 37.6. The van der Waals surface area contributed by atoms with Gasteiger partial charge in [-0.25, -0.2) is 4.79 Å². The third-order valence-electron chi connectivity index (χ3n) is 25.5. The maximum atomic E-state index is 15.0. The van der Waals surface area contributed by atoms with E-state index in [1.54, 1.807) is 88.4 Å². The number of phenolic OH excluding ortho intramolecular Hbond substituents is 2. The van der Waals surface area contributed by atoms with Crippen LogP contribution >= 0.6 is 46.6 Å². The van der Waals surface area contributed by atoms with Crippen LogP contribution in [0.15, 0.2) is 110 Å². The number of unbranched alkanes of at least 4 members (excludes halogenated alkanes) is 3. The van der Waals surface area contributed by atoms with Gasteiger partial charge in [-0.2, -0.15) is 16.8 Å². The van der Waals surface area contributed by atoms with Crippen LogP contribution in [-0.4, -0.2) is 249 Å². The van der Waals surface area contributed by atoms with E-state index in [1.807, 2.05) is 13.8 Å². The molecule has 5 aromatic rings. The number of anilines is 1. The summed E-state index contributed by atoms with van der Waals surface area (Å²) in [5.74, 6) is -16.8. The maximum absolute atomic E-state index is 15.0. The molecule has 2 fully saturated rings. The number of benzene rings is 5. The van der Waals surface area contributed by atoms with E-state index in [-0.39, 0.29) is 178 Å². The number of nitrogens with one attached hydrogen (secondary N) is 6. The van der Waals surface area contributed by atoms with Crippen molar-refractivity contribution >= 4 is 167 Å². The van der Waals surface area contributed by atoms with E-state index in [0.717, 1.165) is 16.7 Å². The van der Waals surface area contributed by atoms with Crippen molar-refractivity contribution in [3.05, 3.63) is 145 Å². The molecule has 23 N–H and O–H groups in total. The first kappa shape index (κ1) is 110. The van der Waals surface area contributed by atoms with E-state index in [2.05, 4.69) is 36.9 Å². The summed E-state index contributed by atoms with van der Waals surface area (Å²) in [4.78, 5) is 195. The molecule has 4 heterocycles. The van der Waals surface area contributed by atoms with E-state index in [1.165, 1.54) is 41.1 Å². The van der Waals surface area contributed by atoms with Gasteiger partial charge in [0, 0.05) is 98.5 Å². The summed E-state index contributed by atoms with van der Waals surface area (Å²) in [5, 5.41) is 44.0. The van der Waals surface area contributed by atoms with Crippen LogP contribution in [0.25, 0.3) is 5.57 Å². The van der Waals surface area contributed by atoms with Gasteiger partial charge in [-0.05, 0) is 193 Å². The minimum atomic E-state index is -5.37. The topological polar surface area (TPSA) is 663 Å². The number of carbonyl (C=O) groups is 13. The third-order valence-corrected chi connectivity index (χ3v) is 30.1. The van der Waals surface area contributed by atoms with E-state index in [0.29, 0.717) is 41.5 Å². The molecule has 4 aliphatic heterocycles. The zero-order chi connectivity index (χ0) is 103. The number of aliphatic imine (C=N–C) groups is 2. The van der Waals surface area contributed by atoms with Crippen molar-refractivity contribution in [3.63, 3.8) is 0 Å². The predicted molar refractivity (Wildman–Crippen MR) is 524 cm³/mol. The maximum Gasteiger partial charge on any atom is 0.337 e. The van der Waals surface area contributed by atoms with Crippen LogP contribution in [0.1, 0.15) is 200 Å². The fraction of sp³-hybridized carbons (Fsp3) is 0.500. The summed E-state index contributed by atoms with van der Waals surface area (Å²) in [5.41, 5.74) is 33.4. The average molecular weight is 2060 g/mol. The second kappa shape index (κ2) is 47.7. The molecule has 140 heavy (non-hydrogen) atoms. The molecule has 760 valence electrons. The lowest BCUT2D eigenvalue weighted by Gasteiger charge is -2.48. The highest BCUT2D eigenvalue weighted by Gasteiger charge is 2.56. The molecule has 0 radical (unpaired) electrons. The van der Waals surface area contributed by atoms with Gasteiger partial charge in [0.05, 0.1) is 49.9 Å². The number of nitrogens with zero attached hydrogens (tertiary/aromatic N) is 5. The number of likely N-dealkylation sites (N-methyl/N-ethyl adjacent to an activating group) is 1. The largest absolute Gasteiger partial charge is 0.508 e. The Bertz CT molecular complexity index is 5890. The first-order valence-electron chi connectivity index (χ1n) is 45.9. The number of amides is 12. The molecule has 40 nitrogen and oxygen atoms in total. The molecule has 5 aromatic carbocycles. The van der Waals surface area contributed by atoms with Crippen LogP contribution in [-0.2, 0) is 97.0 Å². The molecule has 0 aromatic heterocycles. The quantitative estimate of drug-likeness (QED) is 0.00544. The van der Waals surface area contributed by atoms with Gasteiger partial charge in [0.25, 0.3) is 20.2 Å². The van der Waals surface area contributed by atoms with Crippen molar-refractivity contribution in [2.75, 3.05) is 50.8 Å². The van der Waals surface area contributed by atoms with Crippen molar-refractivity contribution in [2.24, 2.45) is 62.1 Å². The first-order chi connectivity index (χ1) is 65.8. The second-order valence-corrected chi connectivity index (χ2v) is 42.3. The minimum absolute atomic E-state index is 0.00197. The van der Waals surface area contributed by atoms with Crippen molar-refractivity contribution in [2.45, 2.75) is 244 Å². The summed E-state index contributed by atoms with van der Waals surface area (Å²) in [6, 6.07) is 12.4. The number of imide groups is 1. The SMILES string of the molecule is CC1CC(C)(C)Nc2c1cc1c(c2S(=O)(=O)O)OC2C(=C1c1c(Cl)c(SCC(=O)NCCCCCC(=O)N(C(=O)[C@H]3CCN(C(=O)[C@H](CCCN=C(N)N)NC(=O)[C@H](CC(N)=O)NC(=O)[C@H](CCC(N)=O)NC(=O)[C@H](Cc4ccccc4)NC(=O)[C@@H](Cc4ccc(O)cc4)N(C)C(=O)CCc4ccc(O)cc4)C3)[C@@H](CCCCN)C(N)=O)c(Cl)c(Cl)c1C(=O)O)CC1C(=NC(C)(C)CC1C)C2S(=O)(=O)O. The number of aryl methyl sites for hydroxylation is 1. The van der Waals surface area contributed by atoms with Crippen LogP contribution in [0, 0.1) is 17.8 Å². The van der Waals surface area contributed by atoms with E-state index >= 15 is 4.79 Å². The predicted octanol–water partition coefficient (Wildman–Crippen LogP) is 5.83. The number of thioether (sulfide) groups is 1. The van der Waals surface area contributed by atoms with Gasteiger partial charge in [-0.3, -0.25) is 81.5 Å². The number of likely N-dealkylation sites (tertiary alicyclic amines) is 1. The molecule has 12 atom stereocenters. The molecule has 10 rings (SSSR count). The van der Waals surface area contributed by atoms with Gasteiger partial charge >= 0.3 is 5.97 Å². The molecule has 1 aliphatic carbocycles. The summed E-state index contributed by atoms with van der Waals surface area (Å²) < 4.78 is 85.3. The Hall–Kier alpha value is -11.7. The standard InChI is InChI=1S/C94H122Cl3N17O23S3/c1-48-44-93(3,4)110-77-56(48)41-58-71(59-42-57-49(2)45-94(5,6)111-78(57)83(140(134,135)136)80(59)137-79(58)82(77)139(131,132)133)72-73(91(129)130)74(95)76(97)81(75(72)96)138-47-68(119)104-36-15-9-12-21-70(121)114(64(84(101)122)20-13-14-35-98)89(127)53-34-38-113(46-53)90(128)61(19-16-37-105-92(102)103)107-87(125)63(43-67(100)118)108-85(123)60(31-32-66(99)117)106-86(124)62(39-51-17-10-8-11-18-51)109-88(126)65(40-52-24-29-55(116)30-25-52)112(7)69(120)33-26-50-22-27-54(115)28-23-50/h8,10-11,17-18,22-25,27-30,41,48-49,53,57,60-65,80,83,110,115-116H,9,12-16,19-21,26,31-40,42-47,98H2,1-7H3,(H2,99,117)(H2,100,118)(H2,101,122)(H,104,119)(H,106,124)(H,107,125)(H,108,123)(H,109,126)(H,129,130)(H4,102,103,105)(H,131,132,133)(H,134,135,136)/t48?,49?,53-,57?,60-,61-,62-,63-,64-,65+,80?,83?/m0/s1. The van der Waals surface area contributed by atoms with Gasteiger partial charge in [0.15, 0.2) is 21.9 Å². The third kappa shape index (κ3) is 28.2. The van der Waals surface area contributed by atoms with Crippen LogP contribution in [0.2, 0.25) is 15.1 Å². The molecular weight excluding hydrogens is 1940 g/mol. The monoisotopic (exact) mass is 2060 g/mol. The molecule has 1 saturated heterocycles. The molecule has 5 unspecified atom stereocenters. The van der Waals surface area contributed by atoms with Crippen molar-refractivity contribution in [1.29, 1.82) is 0 Å². The number of nitrogens with two attached hydrogens (primary N) is 6. The zero-order valence-corrected chi connectivity index (χ0v) is 83.3. The molecular formula is C94H122Cl3N17O23S3. The molecule has 5 aliphatic rings. The summed E-state index contributed by atoms with van der Waals surface area (Å²) >= 11 is 22.2. The normalized spacial score (nSPS) is 19.1. The highest BCUT2D eigenvalue weighted by molar-refractivity contribution is 8.00. The minimum Gasteiger partial charge on any atom is -0.508 e. The molecule has 1 saturated carbocycles. The van der Waals surface area contributed by atoms with Crippen LogP contribution < -0.4 is 71.0 Å². The summed E-state index contributed by atoms with van der Waals surface area (Å²) in [6.07, 6.45) is -2.99. The Morgan fingerprint density at radius 1 is 0.686 bits per heavy atom. The Labute approximate surface area is 830 Å². The number of guanidine groups is 1. The number of rotatable bonds is 46. The lowest BCUT2D eigenvalue weighted by atomic mass is 9.67. The van der Waals surface area contributed by atoms with Crippen LogP contribution in [0.5, 0.6) is 17.2 Å². The van der Waals surface area contributed by atoms with E-state index < -0.39 is 236 Å². The number of carbonyl (C=O) groups excluding carboxylic acids is 12. The van der Waals surface area contributed by atoms with Gasteiger partial charge in [-0.15, -0.1) is 11.8 Å². The molecule has 46 heteroatoms. The van der Waals surface area contributed by atoms with E-state index in [4.69, 9.17) is 78.9 Å². The number of hydrogen-bond donors (Lipinski definition) is 17. The highest BCUT2D eigenvalue weighted by Crippen LogP contribution is 2.59. The van der Waals surface area contributed by atoms with Gasteiger partial charge in [0.1, 0.15) is 53.9 Å². The number of aromatic carboxylic acids is 1. The fourth-order valence-electron chi connectivity index (χ4n) is 18.9. The smallest absolute Gasteiger partial charge is 0.337 e. The van der Waals surface area contributed by atoms with Crippen molar-refractivity contribution in [3.8, 4) is 17.2 Å². The van der Waals surface area contributed by atoms with Gasteiger partial charge < -0.3 is 96.2 Å². The van der Waals surface area contributed by atoms with E-state index in [9.17, 15) is 98.8 Å². The number of aromatic hydroxyl groups is 2. The number of carboxylic acids is 1. The van der Waals surface area contributed by atoms with Crippen LogP contribution in [0.3, 0.4) is 0 Å². The van der Waals surface area contributed by atoms with Crippen molar-refractivity contribution < 1.29 is 108 Å². The lowest BCUT2D eigenvalue weighted by Crippen LogP contribution is -2.60. The summed E-state index contributed by atoms with van der Waals surface area (Å²) in [6.45, 7) is 10.3. The first-order valence-corrected chi connectivity index (χ1v) is 51.0. The number of fused-ring (bicyclic) bond motifs is 4. The Morgan fingerprint density at radius 2 is 1.31 bits per heavy atom. The van der Waals surface area contributed by atoms with Crippen LogP contribution in [0.4, 0.5) is 5.69 Å². The number of hydrogen-bond acceptors (Lipinski definition) is 25. The summed E-state index contributed by atoms with van der Waals surface area (Å²) in [7, 11) is -9.24. The second-order valence-electron chi connectivity index (χ2n) is 37.3. The number of halogens is 3. The highest BCUT2D eigenvalue weighted by atomic mass is 35.5. The molecule has 0 spiro atoms. The fourth-order valence-corrected chi connectivity index (χ4v) is 22.8. The molecule has 0 bridgehead atoms. The zero-order valence-electron chi connectivity index (χ0n) is 78.5. The number of ether oxygens (including phenoxy) is 1. The van der Waals surface area contributed by atoms with Gasteiger partial charge in [0.2, 0.25) is 70.9 Å². The van der Waals surface area contributed by atoms with Gasteiger partial charge in [-0.1, -0.05) is 110 Å².